The maximum Gasteiger partial charge on any atom is 0.345 e. The van der Waals surface area contributed by atoms with E-state index in [9.17, 15) is 5.11 Å². The molecule has 2 aromatic rings. The van der Waals surface area contributed by atoms with Gasteiger partial charge in [-0.1, -0.05) is 66.2 Å². The zero-order valence-electron chi connectivity index (χ0n) is 12.1. The second-order valence-corrected chi connectivity index (χ2v) is 4.89. The van der Waals surface area contributed by atoms with Crippen LogP contribution in [0.5, 0.6) is 0 Å². The molecule has 2 aromatic carbocycles. The average molecular weight is 281 g/mol. The maximum atomic E-state index is 9.35. The molecule has 0 heterocycles. The highest BCUT2D eigenvalue weighted by Crippen LogP contribution is 2.05. The molecule has 0 aliphatic heterocycles. The maximum absolute atomic E-state index is 9.35. The summed E-state index contributed by atoms with van der Waals surface area (Å²) in [6.07, 6.45) is 3.04. The molecular weight excluding hydrogens is 261 g/mol. The Balaban J connectivity index is 1.71. The minimum absolute atomic E-state index is 0.0213. The molecular formula is C17H20BNO2. The Morgan fingerprint density at radius 2 is 1.62 bits per heavy atom. The molecule has 4 heteroatoms. The van der Waals surface area contributed by atoms with Gasteiger partial charge in [0.1, 0.15) is 0 Å². The summed E-state index contributed by atoms with van der Waals surface area (Å²) in [5.74, 6) is 0. The van der Waals surface area contributed by atoms with Gasteiger partial charge in [-0.2, -0.15) is 0 Å². The quantitative estimate of drug-likeness (QED) is 0.349. The smallest absolute Gasteiger partial charge is 0.345 e. The van der Waals surface area contributed by atoms with Gasteiger partial charge in [-0.15, -0.1) is 0 Å². The van der Waals surface area contributed by atoms with Crippen molar-refractivity contribution in [3.63, 3.8) is 0 Å². The van der Waals surface area contributed by atoms with Crippen LogP contribution in [0.15, 0.2) is 65.7 Å². The van der Waals surface area contributed by atoms with E-state index >= 15 is 0 Å². The van der Waals surface area contributed by atoms with Crippen LogP contribution in [0.2, 0.25) is 0 Å². The largest absolute Gasteiger partial charge is 0.556 e. The number of rotatable bonds is 8. The Labute approximate surface area is 126 Å². The van der Waals surface area contributed by atoms with Crippen molar-refractivity contribution in [2.45, 2.75) is 18.8 Å². The van der Waals surface area contributed by atoms with Crippen molar-refractivity contribution in [3.05, 3.63) is 71.8 Å². The highest BCUT2D eigenvalue weighted by molar-refractivity contribution is 6.29. The fourth-order valence-corrected chi connectivity index (χ4v) is 2.05. The van der Waals surface area contributed by atoms with Crippen molar-refractivity contribution >= 4 is 13.9 Å². The first-order valence-corrected chi connectivity index (χ1v) is 7.20. The first-order valence-electron chi connectivity index (χ1n) is 7.20. The van der Waals surface area contributed by atoms with Gasteiger partial charge >= 0.3 is 7.48 Å². The predicted octanol–water partition coefficient (Wildman–Crippen LogP) is 2.19. The van der Waals surface area contributed by atoms with Crippen LogP contribution in [0.25, 0.3) is 0 Å². The Hall–Kier alpha value is -2.07. The molecule has 1 N–H and O–H groups in total. The molecule has 0 aliphatic carbocycles. The van der Waals surface area contributed by atoms with E-state index in [1.165, 1.54) is 12.0 Å². The standard InChI is InChI=1S/C17H20BNO2/c20-13-17(11-15-7-3-1-4-8-15)19-14-21-18-12-16-9-5-2-6-10-16/h1-10,14,17-18,20H,11-13H2/t17-/m0/s1. The highest BCUT2D eigenvalue weighted by Gasteiger charge is 2.05. The van der Waals surface area contributed by atoms with E-state index in [-0.39, 0.29) is 12.6 Å². The molecule has 0 spiro atoms. The van der Waals surface area contributed by atoms with Crippen LogP contribution in [0.3, 0.4) is 0 Å². The molecule has 0 aromatic heterocycles. The van der Waals surface area contributed by atoms with E-state index in [1.54, 1.807) is 0 Å². The normalized spacial score (nSPS) is 12.2. The van der Waals surface area contributed by atoms with E-state index < -0.39 is 0 Å². The number of benzene rings is 2. The van der Waals surface area contributed by atoms with Gasteiger partial charge in [0.2, 0.25) is 0 Å². The number of aliphatic imine (C=N–C) groups is 1. The molecule has 21 heavy (non-hydrogen) atoms. The number of aliphatic hydroxyl groups excluding tert-OH is 1. The molecule has 2 rings (SSSR count). The molecule has 0 bridgehead atoms. The fraction of sp³-hybridized carbons (Fsp3) is 0.235. The SMILES string of the molecule is OC[C@H](Cc1ccccc1)N=COBCc1ccccc1. The van der Waals surface area contributed by atoms with Crippen LogP contribution in [0.1, 0.15) is 11.1 Å². The van der Waals surface area contributed by atoms with Crippen molar-refractivity contribution in [1.82, 2.24) is 0 Å². The summed E-state index contributed by atoms with van der Waals surface area (Å²) < 4.78 is 5.40. The number of aliphatic hydroxyl groups is 1. The van der Waals surface area contributed by atoms with Crippen LogP contribution in [-0.2, 0) is 17.4 Å². The van der Waals surface area contributed by atoms with Crippen molar-refractivity contribution in [2.24, 2.45) is 4.99 Å². The second kappa shape index (κ2) is 8.98. The average Bonchev–Trinajstić information content (AvgIpc) is 2.55. The molecule has 0 aliphatic rings. The van der Waals surface area contributed by atoms with E-state index in [0.717, 1.165) is 18.3 Å². The van der Waals surface area contributed by atoms with Gasteiger partial charge in [0.15, 0.2) is 6.40 Å². The first kappa shape index (κ1) is 15.3. The van der Waals surface area contributed by atoms with Crippen molar-refractivity contribution in [3.8, 4) is 0 Å². The Kier molecular flexibility index (Phi) is 6.55. The lowest BCUT2D eigenvalue weighted by molar-refractivity contribution is 0.265. The zero-order chi connectivity index (χ0) is 14.8. The summed E-state index contributed by atoms with van der Waals surface area (Å²) in [4.78, 5) is 4.27. The fourth-order valence-electron chi connectivity index (χ4n) is 2.05. The summed E-state index contributed by atoms with van der Waals surface area (Å²) >= 11 is 0. The lowest BCUT2D eigenvalue weighted by Crippen LogP contribution is -2.15. The van der Waals surface area contributed by atoms with Gasteiger partial charge in [0.25, 0.3) is 0 Å². The van der Waals surface area contributed by atoms with Crippen LogP contribution >= 0.6 is 0 Å². The monoisotopic (exact) mass is 281 g/mol. The van der Waals surface area contributed by atoms with E-state index in [0.29, 0.717) is 7.48 Å². The van der Waals surface area contributed by atoms with Crippen molar-refractivity contribution in [1.29, 1.82) is 0 Å². The van der Waals surface area contributed by atoms with Gasteiger partial charge in [-0.05, 0) is 18.3 Å². The van der Waals surface area contributed by atoms with Gasteiger partial charge in [-0.3, -0.25) is 4.99 Å². The molecule has 3 nitrogen and oxygen atoms in total. The van der Waals surface area contributed by atoms with Gasteiger partial charge < -0.3 is 9.76 Å². The van der Waals surface area contributed by atoms with Crippen LogP contribution in [0, 0.1) is 0 Å². The van der Waals surface area contributed by atoms with Gasteiger partial charge in [0.05, 0.1) is 12.6 Å². The number of hydrogen-bond donors (Lipinski definition) is 1. The summed E-state index contributed by atoms with van der Waals surface area (Å²) in [6.45, 7) is 0.0213. The zero-order valence-corrected chi connectivity index (χ0v) is 12.1. The molecule has 108 valence electrons. The van der Waals surface area contributed by atoms with Crippen LogP contribution in [0.4, 0.5) is 0 Å². The molecule has 1 atom stereocenters. The van der Waals surface area contributed by atoms with Crippen molar-refractivity contribution < 1.29 is 9.76 Å². The first-order chi connectivity index (χ1) is 10.4. The Bertz CT molecular complexity index is 531. The molecule has 0 unspecified atom stereocenters. The predicted molar refractivity (Wildman–Crippen MR) is 87.9 cm³/mol. The third-order valence-electron chi connectivity index (χ3n) is 3.22. The molecule has 0 saturated carbocycles. The second-order valence-electron chi connectivity index (χ2n) is 4.89. The van der Waals surface area contributed by atoms with Gasteiger partial charge in [-0.25, -0.2) is 0 Å². The van der Waals surface area contributed by atoms with Crippen molar-refractivity contribution in [2.75, 3.05) is 6.61 Å². The summed E-state index contributed by atoms with van der Waals surface area (Å²) in [5.41, 5.74) is 2.41. The van der Waals surface area contributed by atoms with Crippen LogP contribution < -0.4 is 0 Å². The lowest BCUT2D eigenvalue weighted by Gasteiger charge is -2.09. The van der Waals surface area contributed by atoms with E-state index in [4.69, 9.17) is 4.65 Å². The van der Waals surface area contributed by atoms with E-state index in [2.05, 4.69) is 17.1 Å². The molecule has 0 fully saturated rings. The Morgan fingerprint density at radius 1 is 1.00 bits per heavy atom. The minimum Gasteiger partial charge on any atom is -0.556 e. The van der Waals surface area contributed by atoms with Crippen LogP contribution in [-0.4, -0.2) is 31.6 Å². The molecule has 0 radical (unpaired) electrons. The molecule has 0 saturated heterocycles. The lowest BCUT2D eigenvalue weighted by atomic mass is 9.90. The third kappa shape index (κ3) is 5.84. The summed E-state index contributed by atoms with van der Waals surface area (Å²) in [6, 6.07) is 20.1. The van der Waals surface area contributed by atoms with Gasteiger partial charge in [0, 0.05) is 0 Å². The number of nitrogens with zero attached hydrogens (tertiary/aromatic N) is 1. The minimum atomic E-state index is -0.149. The van der Waals surface area contributed by atoms with E-state index in [1.807, 2.05) is 48.5 Å². The summed E-state index contributed by atoms with van der Waals surface area (Å²) in [5, 5.41) is 9.35. The highest BCUT2D eigenvalue weighted by atomic mass is 16.4. The molecule has 0 amide bonds. The third-order valence-corrected chi connectivity index (χ3v) is 3.22. The summed E-state index contributed by atoms with van der Waals surface area (Å²) in [7, 11) is 0.594. The topological polar surface area (TPSA) is 41.8 Å². The number of hydrogen-bond acceptors (Lipinski definition) is 3. The Morgan fingerprint density at radius 3 is 2.24 bits per heavy atom.